The first-order chi connectivity index (χ1) is 17.2. The molecule has 7 heteroatoms. The highest BCUT2D eigenvalue weighted by Gasteiger charge is 2.15. The molecule has 190 valence electrons. The fraction of sp³-hybridized carbons (Fsp3) is 0.310. The maximum absolute atomic E-state index is 12.1. The zero-order valence-electron chi connectivity index (χ0n) is 21.3. The summed E-state index contributed by atoms with van der Waals surface area (Å²) < 4.78 is 6.09. The molecular weight excluding hydrogens is 454 g/mol. The van der Waals surface area contributed by atoms with Crippen molar-refractivity contribution in [1.82, 2.24) is 5.32 Å². The molecule has 3 N–H and O–H groups in total. The molecule has 3 aromatic carbocycles. The van der Waals surface area contributed by atoms with Crippen molar-refractivity contribution in [3.05, 3.63) is 78.4 Å². The molecule has 1 amide bonds. The highest BCUT2D eigenvalue weighted by atomic mass is 16.5. The van der Waals surface area contributed by atoms with Gasteiger partial charge in [-0.15, -0.1) is 0 Å². The van der Waals surface area contributed by atoms with Gasteiger partial charge in [-0.1, -0.05) is 38.1 Å². The van der Waals surface area contributed by atoms with Gasteiger partial charge in [0.2, 0.25) is 0 Å². The molecule has 0 aliphatic heterocycles. The largest absolute Gasteiger partial charge is 0.491 e. The average Bonchev–Trinajstić information content (AvgIpc) is 2.87. The van der Waals surface area contributed by atoms with Gasteiger partial charge in [-0.25, -0.2) is 0 Å². The fourth-order valence-corrected chi connectivity index (χ4v) is 3.60. The van der Waals surface area contributed by atoms with E-state index in [1.165, 1.54) is 5.69 Å². The Bertz CT molecular complexity index is 1120. The molecular formula is C29H35N3O4. The van der Waals surface area contributed by atoms with E-state index in [2.05, 4.69) is 65.8 Å². The molecule has 3 aromatic rings. The number of aliphatic carboxylic acids is 1. The van der Waals surface area contributed by atoms with Crippen LogP contribution in [0.15, 0.2) is 72.8 Å². The molecule has 0 aromatic heterocycles. The van der Waals surface area contributed by atoms with Crippen LogP contribution in [0.3, 0.4) is 0 Å². The number of hydrogen-bond acceptors (Lipinski definition) is 5. The number of carbonyl (C=O) groups excluding carboxylic acids is 1. The fourth-order valence-electron chi connectivity index (χ4n) is 3.60. The quantitative estimate of drug-likeness (QED) is 0.326. The second-order valence-corrected chi connectivity index (χ2v) is 9.25. The first-order valence-corrected chi connectivity index (χ1v) is 12.1. The van der Waals surface area contributed by atoms with Crippen molar-refractivity contribution >= 4 is 23.3 Å². The second kappa shape index (κ2) is 12.6. The van der Waals surface area contributed by atoms with Gasteiger partial charge in [-0.3, -0.25) is 9.59 Å². The minimum absolute atomic E-state index is 0.0681. The number of nitrogens with zero attached hydrogens (tertiary/aromatic N) is 1. The summed E-state index contributed by atoms with van der Waals surface area (Å²) in [6.45, 7) is 4.86. The number of amides is 1. The molecule has 0 bridgehead atoms. The average molecular weight is 490 g/mol. The topological polar surface area (TPSA) is 90.9 Å². The molecule has 1 unspecified atom stereocenters. The normalized spacial score (nSPS) is 11.6. The first kappa shape index (κ1) is 26.6. The van der Waals surface area contributed by atoms with Gasteiger partial charge in [-0.05, 0) is 65.6 Å². The maximum atomic E-state index is 12.1. The first-order valence-electron chi connectivity index (χ1n) is 12.1. The van der Waals surface area contributed by atoms with Crippen LogP contribution in [0, 0.1) is 5.92 Å². The summed E-state index contributed by atoms with van der Waals surface area (Å²) >= 11 is 0. The van der Waals surface area contributed by atoms with Crippen molar-refractivity contribution < 1.29 is 19.4 Å². The lowest BCUT2D eigenvalue weighted by atomic mass is 10.0. The standard InChI is InChI=1S/C29H35N3O4/c1-20(2)27(31-24-11-5-23(6-12-24)29(35)30-18-17-28(33)34)19-36-26-15-9-22(10-16-26)21-7-13-25(14-8-21)32(3)4/h5-16,20,27,31H,17-19H2,1-4H3,(H,30,35)(H,33,34). The molecule has 0 heterocycles. The number of anilines is 2. The van der Waals surface area contributed by atoms with Crippen molar-refractivity contribution in [2.45, 2.75) is 26.3 Å². The number of carbonyl (C=O) groups is 2. The zero-order chi connectivity index (χ0) is 26.1. The summed E-state index contributed by atoms with van der Waals surface area (Å²) in [4.78, 5) is 24.8. The molecule has 3 rings (SSSR count). The molecule has 0 spiro atoms. The molecule has 0 saturated heterocycles. The Morgan fingerprint density at radius 1 is 0.889 bits per heavy atom. The van der Waals surface area contributed by atoms with E-state index in [1.54, 1.807) is 12.1 Å². The predicted octanol–water partition coefficient (Wildman–Crippen LogP) is 5.14. The molecule has 36 heavy (non-hydrogen) atoms. The molecule has 0 aliphatic carbocycles. The van der Waals surface area contributed by atoms with Crippen LogP contribution in [0.5, 0.6) is 5.75 Å². The Labute approximate surface area is 213 Å². The second-order valence-electron chi connectivity index (χ2n) is 9.25. The molecule has 1 atom stereocenters. The Kier molecular flexibility index (Phi) is 9.33. The molecule has 7 nitrogen and oxygen atoms in total. The van der Waals surface area contributed by atoms with Crippen molar-refractivity contribution in [3.8, 4) is 16.9 Å². The van der Waals surface area contributed by atoms with Gasteiger partial charge in [-0.2, -0.15) is 0 Å². The number of benzene rings is 3. The minimum atomic E-state index is -0.942. The van der Waals surface area contributed by atoms with Gasteiger partial charge < -0.3 is 25.4 Å². The summed E-state index contributed by atoms with van der Waals surface area (Å²) in [5.41, 5.74) is 4.83. The van der Waals surface area contributed by atoms with Crippen LogP contribution in [0.1, 0.15) is 30.6 Å². The smallest absolute Gasteiger partial charge is 0.305 e. The van der Waals surface area contributed by atoms with Gasteiger partial charge >= 0.3 is 5.97 Å². The molecule has 0 aliphatic rings. The van der Waals surface area contributed by atoms with Crippen LogP contribution >= 0.6 is 0 Å². The molecule has 0 saturated carbocycles. The number of ether oxygens (including phenoxy) is 1. The highest BCUT2D eigenvalue weighted by Crippen LogP contribution is 2.25. The lowest BCUT2D eigenvalue weighted by Crippen LogP contribution is -2.32. The van der Waals surface area contributed by atoms with Gasteiger partial charge in [0.15, 0.2) is 0 Å². The number of carboxylic acids is 1. The van der Waals surface area contributed by atoms with E-state index in [0.717, 1.165) is 22.6 Å². The van der Waals surface area contributed by atoms with Gasteiger partial charge in [0.1, 0.15) is 12.4 Å². The summed E-state index contributed by atoms with van der Waals surface area (Å²) in [6, 6.07) is 23.8. The van der Waals surface area contributed by atoms with Crippen LogP contribution in [-0.4, -0.2) is 50.3 Å². The number of rotatable bonds is 12. The Hall–Kier alpha value is -4.00. The highest BCUT2D eigenvalue weighted by molar-refractivity contribution is 5.94. The molecule has 0 fully saturated rings. The zero-order valence-corrected chi connectivity index (χ0v) is 21.3. The summed E-state index contributed by atoms with van der Waals surface area (Å²) in [5, 5.41) is 14.8. The van der Waals surface area contributed by atoms with E-state index < -0.39 is 5.97 Å². The van der Waals surface area contributed by atoms with Crippen LogP contribution in [0.25, 0.3) is 11.1 Å². The van der Waals surface area contributed by atoms with Gasteiger partial charge in [0, 0.05) is 37.6 Å². The van der Waals surface area contributed by atoms with Gasteiger partial charge in [0.05, 0.1) is 12.5 Å². The van der Waals surface area contributed by atoms with Crippen LogP contribution in [-0.2, 0) is 4.79 Å². The minimum Gasteiger partial charge on any atom is -0.491 e. The summed E-state index contributed by atoms with van der Waals surface area (Å²) in [6.07, 6.45) is -0.103. The lowest BCUT2D eigenvalue weighted by molar-refractivity contribution is -0.136. The third kappa shape index (κ3) is 7.77. The Morgan fingerprint density at radius 3 is 2.00 bits per heavy atom. The third-order valence-electron chi connectivity index (χ3n) is 5.93. The van der Waals surface area contributed by atoms with Crippen molar-refractivity contribution in [1.29, 1.82) is 0 Å². The van der Waals surface area contributed by atoms with E-state index in [4.69, 9.17) is 9.84 Å². The van der Waals surface area contributed by atoms with E-state index in [1.807, 2.05) is 38.4 Å². The third-order valence-corrected chi connectivity index (χ3v) is 5.93. The van der Waals surface area contributed by atoms with Crippen molar-refractivity contribution in [2.75, 3.05) is 37.5 Å². The van der Waals surface area contributed by atoms with Gasteiger partial charge in [0.25, 0.3) is 5.91 Å². The summed E-state index contributed by atoms with van der Waals surface area (Å²) in [5.74, 6) is -0.103. The maximum Gasteiger partial charge on any atom is 0.305 e. The Balaban J connectivity index is 1.55. The van der Waals surface area contributed by atoms with E-state index in [-0.39, 0.29) is 24.9 Å². The van der Waals surface area contributed by atoms with Crippen LogP contribution in [0.2, 0.25) is 0 Å². The van der Waals surface area contributed by atoms with Crippen molar-refractivity contribution in [2.24, 2.45) is 5.92 Å². The lowest BCUT2D eigenvalue weighted by Gasteiger charge is -2.24. The summed E-state index contributed by atoms with van der Waals surface area (Å²) in [7, 11) is 4.06. The number of nitrogens with one attached hydrogen (secondary N) is 2. The number of hydrogen-bond donors (Lipinski definition) is 3. The number of carboxylic acid groups (broad SMARTS) is 1. The predicted molar refractivity (Wildman–Crippen MR) is 145 cm³/mol. The van der Waals surface area contributed by atoms with E-state index in [9.17, 15) is 9.59 Å². The SMILES string of the molecule is CC(C)C(COc1ccc(-c2ccc(N(C)C)cc2)cc1)Nc1ccc(C(=O)NCCC(=O)O)cc1. The monoisotopic (exact) mass is 489 g/mol. The Morgan fingerprint density at radius 2 is 1.47 bits per heavy atom. The van der Waals surface area contributed by atoms with E-state index in [0.29, 0.717) is 18.1 Å². The van der Waals surface area contributed by atoms with Crippen LogP contribution < -0.4 is 20.3 Å². The van der Waals surface area contributed by atoms with E-state index >= 15 is 0 Å². The van der Waals surface area contributed by atoms with Crippen molar-refractivity contribution in [3.63, 3.8) is 0 Å². The van der Waals surface area contributed by atoms with Crippen LogP contribution in [0.4, 0.5) is 11.4 Å². The molecule has 0 radical (unpaired) electrons.